The number of halogens is 2. The van der Waals surface area contributed by atoms with E-state index in [9.17, 15) is 4.79 Å². The minimum atomic E-state index is -0.136. The third-order valence-electron chi connectivity index (χ3n) is 5.58. The molecule has 2 atom stereocenters. The van der Waals surface area contributed by atoms with Crippen LogP contribution in [-0.4, -0.2) is 31.7 Å². The van der Waals surface area contributed by atoms with E-state index in [1.807, 2.05) is 18.2 Å². The molecular formula is C19H28Cl2N2O2. The van der Waals surface area contributed by atoms with Crippen LogP contribution in [0.2, 0.25) is 5.02 Å². The second-order valence-corrected chi connectivity index (χ2v) is 7.62. The maximum absolute atomic E-state index is 12.6. The van der Waals surface area contributed by atoms with Gasteiger partial charge in [-0.1, -0.05) is 36.2 Å². The molecule has 6 heteroatoms. The lowest BCUT2D eigenvalue weighted by molar-refractivity contribution is -0.126. The van der Waals surface area contributed by atoms with E-state index in [0.29, 0.717) is 19.8 Å². The standard InChI is InChI=1S/C19H27ClN2O2.ClH/c20-17-7-2-1-6-16(17)19(8-10-24-11-9-19)13-22-18(23)14-4-3-5-15(21)12-14;/h1-2,6-7,14-15H,3-5,8-13,21H2,(H,22,23);1H. The Hall–Kier alpha value is -0.810. The number of ether oxygens (including phenoxy) is 1. The van der Waals surface area contributed by atoms with E-state index in [1.54, 1.807) is 0 Å². The van der Waals surface area contributed by atoms with Gasteiger partial charge in [-0.2, -0.15) is 0 Å². The molecule has 0 radical (unpaired) electrons. The Morgan fingerprint density at radius 1 is 1.28 bits per heavy atom. The SMILES string of the molecule is Cl.NC1CCCC(C(=O)NCC2(c3ccccc3Cl)CCOCC2)C1. The van der Waals surface area contributed by atoms with E-state index >= 15 is 0 Å². The summed E-state index contributed by atoms with van der Waals surface area (Å²) in [5.41, 5.74) is 7.01. The van der Waals surface area contributed by atoms with Crippen LogP contribution in [0.4, 0.5) is 0 Å². The lowest BCUT2D eigenvalue weighted by Gasteiger charge is -2.39. The lowest BCUT2D eigenvalue weighted by Crippen LogP contribution is -2.47. The van der Waals surface area contributed by atoms with Gasteiger partial charge >= 0.3 is 0 Å². The number of nitrogens with one attached hydrogen (secondary N) is 1. The summed E-state index contributed by atoms with van der Waals surface area (Å²) >= 11 is 6.46. The Morgan fingerprint density at radius 3 is 2.68 bits per heavy atom. The zero-order chi connectivity index (χ0) is 17.0. The highest BCUT2D eigenvalue weighted by Gasteiger charge is 2.37. The van der Waals surface area contributed by atoms with Gasteiger partial charge in [0, 0.05) is 42.2 Å². The molecule has 25 heavy (non-hydrogen) atoms. The molecule has 2 fully saturated rings. The van der Waals surface area contributed by atoms with Crippen LogP contribution in [0.25, 0.3) is 0 Å². The third-order valence-corrected chi connectivity index (χ3v) is 5.91. The second kappa shape index (κ2) is 9.22. The Kier molecular flexibility index (Phi) is 7.56. The molecule has 140 valence electrons. The summed E-state index contributed by atoms with van der Waals surface area (Å²) in [6, 6.07) is 8.13. The van der Waals surface area contributed by atoms with E-state index in [2.05, 4.69) is 11.4 Å². The van der Waals surface area contributed by atoms with E-state index in [-0.39, 0.29) is 35.7 Å². The highest BCUT2D eigenvalue weighted by molar-refractivity contribution is 6.31. The number of nitrogens with two attached hydrogens (primary N) is 1. The van der Waals surface area contributed by atoms with Crippen molar-refractivity contribution in [2.24, 2.45) is 11.7 Å². The van der Waals surface area contributed by atoms with Gasteiger partial charge < -0.3 is 15.8 Å². The van der Waals surface area contributed by atoms with Crippen LogP contribution in [0.1, 0.15) is 44.1 Å². The van der Waals surface area contributed by atoms with Crippen LogP contribution >= 0.6 is 24.0 Å². The maximum atomic E-state index is 12.6. The largest absolute Gasteiger partial charge is 0.381 e. The van der Waals surface area contributed by atoms with Crippen LogP contribution in [0.15, 0.2) is 24.3 Å². The predicted molar refractivity (Wildman–Crippen MR) is 103 cm³/mol. The molecule has 1 amide bonds. The van der Waals surface area contributed by atoms with Crippen molar-refractivity contribution in [3.63, 3.8) is 0 Å². The minimum Gasteiger partial charge on any atom is -0.381 e. The average Bonchev–Trinajstić information content (AvgIpc) is 2.61. The molecule has 4 nitrogen and oxygen atoms in total. The molecule has 1 saturated carbocycles. The molecule has 1 aliphatic carbocycles. The quantitative estimate of drug-likeness (QED) is 0.832. The van der Waals surface area contributed by atoms with Crippen molar-refractivity contribution < 1.29 is 9.53 Å². The average molecular weight is 387 g/mol. The van der Waals surface area contributed by atoms with Gasteiger partial charge in [-0.25, -0.2) is 0 Å². The van der Waals surface area contributed by atoms with Gasteiger partial charge in [-0.15, -0.1) is 12.4 Å². The van der Waals surface area contributed by atoms with E-state index in [4.69, 9.17) is 22.1 Å². The number of amides is 1. The Morgan fingerprint density at radius 2 is 2.00 bits per heavy atom. The van der Waals surface area contributed by atoms with E-state index in [0.717, 1.165) is 49.1 Å². The number of carbonyl (C=O) groups is 1. The number of benzene rings is 1. The predicted octanol–water partition coefficient (Wildman–Crippen LogP) is 3.44. The van der Waals surface area contributed by atoms with Crippen molar-refractivity contribution in [1.29, 1.82) is 0 Å². The maximum Gasteiger partial charge on any atom is 0.223 e. The molecule has 3 N–H and O–H groups in total. The monoisotopic (exact) mass is 386 g/mol. The summed E-state index contributed by atoms with van der Waals surface area (Å²) in [5, 5.41) is 3.97. The smallest absolute Gasteiger partial charge is 0.223 e. The highest BCUT2D eigenvalue weighted by atomic mass is 35.5. The van der Waals surface area contributed by atoms with Gasteiger partial charge in [-0.3, -0.25) is 4.79 Å². The summed E-state index contributed by atoms with van der Waals surface area (Å²) in [7, 11) is 0. The molecule has 1 saturated heterocycles. The number of hydrogen-bond donors (Lipinski definition) is 2. The minimum absolute atomic E-state index is 0. The normalized spacial score (nSPS) is 25.7. The Labute approximate surface area is 161 Å². The molecule has 1 aromatic carbocycles. The molecule has 3 rings (SSSR count). The van der Waals surface area contributed by atoms with Crippen LogP contribution in [0.5, 0.6) is 0 Å². The van der Waals surface area contributed by atoms with Gasteiger partial charge in [0.05, 0.1) is 0 Å². The molecule has 1 heterocycles. The van der Waals surface area contributed by atoms with Crippen molar-refractivity contribution in [2.75, 3.05) is 19.8 Å². The summed E-state index contributed by atoms with van der Waals surface area (Å²) in [6.07, 6.45) is 5.57. The summed E-state index contributed by atoms with van der Waals surface area (Å²) < 4.78 is 5.55. The van der Waals surface area contributed by atoms with Gasteiger partial charge in [0.15, 0.2) is 0 Å². The summed E-state index contributed by atoms with van der Waals surface area (Å²) in [5.74, 6) is 0.194. The fraction of sp³-hybridized carbons (Fsp3) is 0.632. The van der Waals surface area contributed by atoms with Crippen molar-refractivity contribution in [1.82, 2.24) is 5.32 Å². The first kappa shape index (κ1) is 20.5. The molecule has 1 aromatic rings. The first-order valence-corrected chi connectivity index (χ1v) is 9.34. The molecule has 2 aliphatic rings. The van der Waals surface area contributed by atoms with Crippen molar-refractivity contribution in [3.05, 3.63) is 34.9 Å². The first-order chi connectivity index (χ1) is 11.6. The lowest BCUT2D eigenvalue weighted by atomic mass is 9.74. The van der Waals surface area contributed by atoms with Gasteiger partial charge in [0.25, 0.3) is 0 Å². The zero-order valence-corrected chi connectivity index (χ0v) is 16.1. The van der Waals surface area contributed by atoms with Crippen LogP contribution in [-0.2, 0) is 14.9 Å². The number of hydrogen-bond acceptors (Lipinski definition) is 3. The molecule has 0 aromatic heterocycles. The fourth-order valence-electron chi connectivity index (χ4n) is 4.06. The van der Waals surface area contributed by atoms with Gasteiger partial charge in [-0.05, 0) is 43.7 Å². The van der Waals surface area contributed by atoms with Crippen LogP contribution in [0.3, 0.4) is 0 Å². The van der Waals surface area contributed by atoms with Crippen LogP contribution < -0.4 is 11.1 Å². The van der Waals surface area contributed by atoms with Crippen molar-refractivity contribution in [3.8, 4) is 0 Å². The molecule has 2 unspecified atom stereocenters. The second-order valence-electron chi connectivity index (χ2n) is 7.21. The van der Waals surface area contributed by atoms with E-state index in [1.165, 1.54) is 0 Å². The fourth-order valence-corrected chi connectivity index (χ4v) is 4.40. The number of carbonyl (C=O) groups excluding carboxylic acids is 1. The molecule has 1 aliphatic heterocycles. The molecule has 0 bridgehead atoms. The zero-order valence-electron chi connectivity index (χ0n) is 14.5. The van der Waals surface area contributed by atoms with Crippen LogP contribution in [0, 0.1) is 5.92 Å². The molecular weight excluding hydrogens is 359 g/mol. The van der Waals surface area contributed by atoms with Crippen molar-refractivity contribution >= 4 is 29.9 Å². The van der Waals surface area contributed by atoms with Crippen molar-refractivity contribution in [2.45, 2.75) is 50.0 Å². The van der Waals surface area contributed by atoms with E-state index < -0.39 is 0 Å². The van der Waals surface area contributed by atoms with Gasteiger partial charge in [0.2, 0.25) is 5.91 Å². The summed E-state index contributed by atoms with van der Waals surface area (Å²) in [4.78, 5) is 12.6. The Balaban J connectivity index is 0.00000225. The topological polar surface area (TPSA) is 64.4 Å². The molecule has 0 spiro atoms. The van der Waals surface area contributed by atoms with Gasteiger partial charge in [0.1, 0.15) is 0 Å². The first-order valence-electron chi connectivity index (χ1n) is 8.97. The highest BCUT2D eigenvalue weighted by Crippen LogP contribution is 2.38. The number of rotatable bonds is 4. The third kappa shape index (κ3) is 4.88. The Bertz CT molecular complexity index is 576. The summed E-state index contributed by atoms with van der Waals surface area (Å²) in [6.45, 7) is 2.02.